The lowest BCUT2D eigenvalue weighted by Crippen LogP contribution is -2.49. The molecule has 0 bridgehead atoms. The fourth-order valence-electron chi connectivity index (χ4n) is 2.23. The van der Waals surface area contributed by atoms with E-state index in [1.54, 1.807) is 0 Å². The van der Waals surface area contributed by atoms with E-state index in [4.69, 9.17) is 27.0 Å². The van der Waals surface area contributed by atoms with Crippen molar-refractivity contribution in [2.45, 2.75) is 9.79 Å². The van der Waals surface area contributed by atoms with Crippen LogP contribution in [0.1, 0.15) is 27.5 Å². The zero-order valence-corrected chi connectivity index (χ0v) is 14.6. The summed E-state index contributed by atoms with van der Waals surface area (Å²) in [7, 11) is 0. The third-order valence-electron chi connectivity index (χ3n) is 3.37. The predicted molar refractivity (Wildman–Crippen MR) is 109 cm³/mol. The number of benzene rings is 2. The van der Waals surface area contributed by atoms with Gasteiger partial charge >= 0.3 is 0 Å². The lowest BCUT2D eigenvalue weighted by Gasteiger charge is -2.36. The average Bonchev–Trinajstić information content (AvgIpc) is 3.05. The van der Waals surface area contributed by atoms with Gasteiger partial charge in [-0.1, -0.05) is 42.0 Å². The second kappa shape index (κ2) is 8.89. The van der Waals surface area contributed by atoms with Gasteiger partial charge in [-0.15, -0.1) is 0 Å². The standard InChI is InChI=1S/C21H25N3O2S/c25-14-16-26-15-13-23-9-11-24(12-10-23)21-17-5-1-3-7-19(17)27-20-8-4-2-6-18(20)22-21/h1-8,25H,9-16H2/i2D,4D,6D,8D,9D2,10D2,11D2,12D2,13D2,15D2. The zero-order chi connectivity index (χ0) is 32.7. The summed E-state index contributed by atoms with van der Waals surface area (Å²) in [4.78, 5) is 3.78. The number of piperazine rings is 1. The van der Waals surface area contributed by atoms with E-state index in [1.165, 1.54) is 24.3 Å². The molecule has 2 heterocycles. The van der Waals surface area contributed by atoms with E-state index in [-0.39, 0.29) is 20.3 Å². The number of para-hydroxylation sites is 1. The molecule has 0 saturated carbocycles. The molecule has 2 aromatic carbocycles. The number of rotatable bonds is 5. The molecule has 0 spiro atoms. The van der Waals surface area contributed by atoms with Crippen molar-refractivity contribution in [3.05, 3.63) is 54.0 Å². The number of hydrogen-bond acceptors (Lipinski definition) is 6. The van der Waals surface area contributed by atoms with Gasteiger partial charge in [-0.2, -0.15) is 0 Å². The van der Waals surface area contributed by atoms with E-state index in [1.807, 2.05) is 0 Å². The highest BCUT2D eigenvalue weighted by molar-refractivity contribution is 7.99. The van der Waals surface area contributed by atoms with E-state index in [0.717, 1.165) is 11.8 Å². The molecular weight excluding hydrogens is 358 g/mol. The first-order chi connectivity index (χ1) is 19.5. The van der Waals surface area contributed by atoms with Crippen LogP contribution in [-0.4, -0.2) is 73.0 Å². The lowest BCUT2D eigenvalue weighted by atomic mass is 10.1. The minimum Gasteiger partial charge on any atom is -0.394 e. The molecule has 0 amide bonds. The Morgan fingerprint density at radius 1 is 1.19 bits per heavy atom. The molecule has 1 saturated heterocycles. The molecule has 0 aliphatic carbocycles. The summed E-state index contributed by atoms with van der Waals surface area (Å²) >= 11 is 0.809. The predicted octanol–water partition coefficient (Wildman–Crippen LogP) is 2.86. The Labute approximate surface area is 187 Å². The van der Waals surface area contributed by atoms with E-state index in [0.29, 0.717) is 0 Å². The summed E-state index contributed by atoms with van der Waals surface area (Å²) in [5.74, 6) is -0.755. The van der Waals surface area contributed by atoms with Gasteiger partial charge in [0, 0.05) is 56.1 Å². The molecule has 1 fully saturated rings. The van der Waals surface area contributed by atoms with E-state index < -0.39 is 92.8 Å². The maximum Gasteiger partial charge on any atom is 0.137 e. The first kappa shape index (κ1) is 7.52. The molecule has 0 radical (unpaired) electrons. The average molecular weight is 400 g/mol. The summed E-state index contributed by atoms with van der Waals surface area (Å²) in [6.45, 7) is -24.3. The molecule has 5 nitrogen and oxygen atoms in total. The van der Waals surface area contributed by atoms with Crippen molar-refractivity contribution in [1.29, 1.82) is 0 Å². The number of amidine groups is 1. The van der Waals surface area contributed by atoms with Crippen LogP contribution in [0.2, 0.25) is 0 Å². The van der Waals surface area contributed by atoms with Crippen LogP contribution < -0.4 is 0 Å². The van der Waals surface area contributed by atoms with Crippen LogP contribution >= 0.6 is 11.8 Å². The highest BCUT2D eigenvalue weighted by Gasteiger charge is 2.24. The number of aliphatic hydroxyl groups excluding tert-OH is 1. The quantitative estimate of drug-likeness (QED) is 0.838. The Morgan fingerprint density at radius 3 is 2.85 bits per heavy atom. The van der Waals surface area contributed by atoms with Crippen LogP contribution in [0, 0.1) is 0 Å². The molecule has 0 atom stereocenters. The van der Waals surface area contributed by atoms with Gasteiger partial charge in [0.25, 0.3) is 0 Å². The molecule has 1 N–H and O–H groups in total. The second-order valence-corrected chi connectivity index (χ2v) is 6.17. The Morgan fingerprint density at radius 2 is 2.00 bits per heavy atom. The summed E-state index contributed by atoms with van der Waals surface area (Å²) < 4.78 is 141. The first-order valence-corrected chi connectivity index (χ1v) is 8.65. The van der Waals surface area contributed by atoms with Crippen LogP contribution in [0.25, 0.3) is 0 Å². The van der Waals surface area contributed by atoms with Crippen LogP contribution in [0.4, 0.5) is 5.69 Å². The van der Waals surface area contributed by atoms with Gasteiger partial charge in [-0.25, -0.2) is 4.99 Å². The summed E-state index contributed by atoms with van der Waals surface area (Å²) in [5, 5.41) is 9.03. The van der Waals surface area contributed by atoms with Crippen molar-refractivity contribution in [3.63, 3.8) is 0 Å². The highest BCUT2D eigenvalue weighted by Crippen LogP contribution is 2.40. The van der Waals surface area contributed by atoms with Crippen molar-refractivity contribution in [1.82, 2.24) is 9.80 Å². The molecule has 2 aliphatic rings. The third-order valence-corrected chi connectivity index (χ3v) is 4.45. The third kappa shape index (κ3) is 4.35. The van der Waals surface area contributed by atoms with Crippen LogP contribution in [0.3, 0.4) is 0 Å². The molecule has 4 rings (SSSR count). The first-order valence-electron chi connectivity index (χ1n) is 15.8. The second-order valence-electron chi connectivity index (χ2n) is 5.12. The molecule has 0 unspecified atom stereocenters. The van der Waals surface area contributed by atoms with Gasteiger partial charge in [0.2, 0.25) is 0 Å². The minimum atomic E-state index is -3.88. The topological polar surface area (TPSA) is 48.3 Å². The molecule has 2 aromatic rings. The molecule has 6 heteroatoms. The van der Waals surface area contributed by atoms with Crippen molar-refractivity contribution >= 4 is 23.3 Å². The fourth-order valence-corrected chi connectivity index (χ4v) is 3.16. The molecule has 142 valence electrons. The SMILES string of the molecule is [2H]c1c([2H])c([2H])c2c(c1[2H])N=C(N1C([2H])([2H])C([2H])([2H])N(C([2H])([2H])C([2H])([2H])OCCO)C([2H])([2H])C1([2H])[2H])c1ccccc1S2. The van der Waals surface area contributed by atoms with Crippen molar-refractivity contribution in [2.24, 2.45) is 4.99 Å². The van der Waals surface area contributed by atoms with Gasteiger partial charge in [-0.3, -0.25) is 4.90 Å². The van der Waals surface area contributed by atoms with Crippen molar-refractivity contribution in [3.8, 4) is 0 Å². The highest BCUT2D eigenvalue weighted by atomic mass is 32.2. The molecule has 2 aliphatic heterocycles. The Balaban J connectivity index is 2.06. The Kier molecular flexibility index (Phi) is 2.47. The maximum atomic E-state index is 9.03. The number of aliphatic hydroxyl groups is 1. The van der Waals surface area contributed by atoms with E-state index in [2.05, 4.69) is 9.73 Å². The Hall–Kier alpha value is -1.86. The summed E-state index contributed by atoms with van der Waals surface area (Å²) in [6.07, 6.45) is 0. The number of fused-ring (bicyclic) bond motifs is 2. The van der Waals surface area contributed by atoms with Gasteiger partial charge in [0.05, 0.1) is 39.2 Å². The molecule has 0 aromatic heterocycles. The van der Waals surface area contributed by atoms with Crippen molar-refractivity contribution < 1.29 is 31.8 Å². The lowest BCUT2D eigenvalue weighted by molar-refractivity contribution is 0.0652. The fraction of sp³-hybridized carbons (Fsp3) is 0.381. The van der Waals surface area contributed by atoms with Crippen LogP contribution in [0.15, 0.2) is 63.2 Å². The largest absolute Gasteiger partial charge is 0.394 e. The number of nitrogens with zero attached hydrogens (tertiary/aromatic N) is 3. The van der Waals surface area contributed by atoms with Gasteiger partial charge in [0.1, 0.15) is 5.84 Å². The molecular formula is C21H25N3O2S. The number of hydrogen-bond donors (Lipinski definition) is 1. The summed E-state index contributed by atoms with van der Waals surface area (Å²) in [5.41, 5.74) is -0.528. The van der Waals surface area contributed by atoms with Gasteiger partial charge < -0.3 is 14.7 Å². The van der Waals surface area contributed by atoms with Crippen LogP contribution in [0.5, 0.6) is 0 Å². The monoisotopic (exact) mass is 399 g/mol. The summed E-state index contributed by atoms with van der Waals surface area (Å²) in [6, 6.07) is 3.28. The normalized spacial score (nSPS) is 34.3. The Bertz CT molecular complexity index is 1460. The number of aliphatic imine (C=N–C) groups is 1. The molecule has 27 heavy (non-hydrogen) atoms. The van der Waals surface area contributed by atoms with Gasteiger partial charge in [0.15, 0.2) is 0 Å². The zero-order valence-electron chi connectivity index (χ0n) is 29.8. The smallest absolute Gasteiger partial charge is 0.137 e. The number of ether oxygens (including phenoxy) is 1. The minimum absolute atomic E-state index is 0.0203. The maximum absolute atomic E-state index is 9.03. The van der Waals surface area contributed by atoms with E-state index >= 15 is 0 Å². The van der Waals surface area contributed by atoms with Crippen molar-refractivity contribution in [2.75, 3.05) is 52.3 Å². The van der Waals surface area contributed by atoms with Gasteiger partial charge in [-0.05, 0) is 18.2 Å². The van der Waals surface area contributed by atoms with Crippen LogP contribution in [-0.2, 0) is 4.74 Å². The van der Waals surface area contributed by atoms with E-state index in [9.17, 15) is 0 Å².